The molecule has 0 spiro atoms. The molecule has 0 saturated heterocycles. The maximum atomic E-state index is 9.29. The molecule has 5 aromatic carbocycles. The van der Waals surface area contributed by atoms with Crippen LogP contribution >= 0.6 is 11.3 Å². The highest BCUT2D eigenvalue weighted by molar-refractivity contribution is 7.25. The average molecular weight is 530 g/mol. The lowest BCUT2D eigenvalue weighted by Gasteiger charge is -2.11. The van der Waals surface area contributed by atoms with Gasteiger partial charge < -0.3 is 0 Å². The Bertz CT molecular complexity index is 2270. The Kier molecular flexibility index (Phi) is 4.99. The second-order valence-electron chi connectivity index (χ2n) is 9.65. The number of nitriles is 1. The zero-order chi connectivity index (χ0) is 26.6. The SMILES string of the molecule is N#Cc1ccc(-c2nc(-c3ccccc3)nc(-n3c4ccccc4c4cc5sc6ccccc6c5cc43)n2)cc1. The third kappa shape index (κ3) is 3.49. The van der Waals surface area contributed by atoms with Gasteiger partial charge in [-0.15, -0.1) is 11.3 Å². The molecule has 0 aliphatic rings. The van der Waals surface area contributed by atoms with Crippen molar-refractivity contribution >= 4 is 53.3 Å². The summed E-state index contributed by atoms with van der Waals surface area (Å²) in [5.41, 5.74) is 4.42. The van der Waals surface area contributed by atoms with Crippen molar-refractivity contribution in [2.75, 3.05) is 0 Å². The maximum Gasteiger partial charge on any atom is 0.238 e. The predicted molar refractivity (Wildman–Crippen MR) is 163 cm³/mol. The summed E-state index contributed by atoms with van der Waals surface area (Å²) < 4.78 is 4.68. The molecule has 0 amide bonds. The first-order valence-corrected chi connectivity index (χ1v) is 13.8. The highest BCUT2D eigenvalue weighted by Crippen LogP contribution is 2.40. The first-order chi connectivity index (χ1) is 19.8. The molecule has 0 bridgehead atoms. The Morgan fingerprint density at radius 3 is 2.00 bits per heavy atom. The minimum Gasteiger partial charge on any atom is -0.278 e. The lowest BCUT2D eigenvalue weighted by atomic mass is 10.1. The van der Waals surface area contributed by atoms with Crippen LogP contribution in [0.25, 0.3) is 70.7 Å². The number of nitrogens with zero attached hydrogens (tertiary/aromatic N) is 5. The smallest absolute Gasteiger partial charge is 0.238 e. The summed E-state index contributed by atoms with van der Waals surface area (Å²) in [6, 6.07) is 41.0. The molecule has 0 N–H and O–H groups in total. The van der Waals surface area contributed by atoms with Crippen LogP contribution in [-0.4, -0.2) is 19.5 Å². The van der Waals surface area contributed by atoms with E-state index in [9.17, 15) is 5.26 Å². The van der Waals surface area contributed by atoms with Gasteiger partial charge in [-0.05, 0) is 48.5 Å². The Balaban J connectivity index is 1.46. The van der Waals surface area contributed by atoms with Crippen molar-refractivity contribution in [3.63, 3.8) is 0 Å². The molecule has 0 radical (unpaired) electrons. The van der Waals surface area contributed by atoms with Gasteiger partial charge in [0.15, 0.2) is 11.6 Å². The highest BCUT2D eigenvalue weighted by atomic mass is 32.1. The van der Waals surface area contributed by atoms with E-state index in [1.165, 1.54) is 20.2 Å². The largest absolute Gasteiger partial charge is 0.278 e. The third-order valence-electron chi connectivity index (χ3n) is 7.30. The van der Waals surface area contributed by atoms with E-state index in [1.54, 1.807) is 12.1 Å². The van der Waals surface area contributed by atoms with Crippen LogP contribution in [0.5, 0.6) is 0 Å². The summed E-state index contributed by atoms with van der Waals surface area (Å²) in [5.74, 6) is 1.71. The van der Waals surface area contributed by atoms with E-state index in [0.717, 1.165) is 32.9 Å². The Morgan fingerprint density at radius 1 is 0.550 bits per heavy atom. The van der Waals surface area contributed by atoms with Crippen molar-refractivity contribution in [1.29, 1.82) is 5.26 Å². The molecule has 8 aromatic rings. The van der Waals surface area contributed by atoms with Gasteiger partial charge in [0, 0.05) is 42.1 Å². The Morgan fingerprint density at radius 2 is 1.23 bits per heavy atom. The standard InChI is InChI=1S/C34H19N5S/c35-20-21-14-16-23(17-15-21)33-36-32(22-8-2-1-3-9-22)37-34(38-33)39-28-12-6-4-10-24(28)26-19-31-27(18-29(26)39)25-11-5-7-13-30(25)40-31/h1-19H. The van der Waals surface area contributed by atoms with Gasteiger partial charge in [-0.1, -0.05) is 66.7 Å². The number of hydrogen-bond acceptors (Lipinski definition) is 5. The van der Waals surface area contributed by atoms with Crippen molar-refractivity contribution in [3.05, 3.63) is 121 Å². The fourth-order valence-corrected chi connectivity index (χ4v) is 6.53. The number of aromatic nitrogens is 4. The lowest BCUT2D eigenvalue weighted by Crippen LogP contribution is -2.06. The Labute approximate surface area is 233 Å². The molecule has 0 aliphatic carbocycles. The van der Waals surface area contributed by atoms with Crippen LogP contribution in [0.1, 0.15) is 5.56 Å². The molecule has 0 fully saturated rings. The topological polar surface area (TPSA) is 67.4 Å². The molecule has 0 saturated carbocycles. The molecule has 3 aromatic heterocycles. The van der Waals surface area contributed by atoms with Gasteiger partial charge in [-0.2, -0.15) is 15.2 Å². The van der Waals surface area contributed by atoms with Gasteiger partial charge in [-0.3, -0.25) is 4.57 Å². The van der Waals surface area contributed by atoms with Crippen LogP contribution in [0, 0.1) is 11.3 Å². The van der Waals surface area contributed by atoms with Gasteiger partial charge in [0.25, 0.3) is 0 Å². The monoisotopic (exact) mass is 529 g/mol. The predicted octanol–water partition coefficient (Wildman–Crippen LogP) is 8.54. The van der Waals surface area contributed by atoms with Crippen molar-refractivity contribution < 1.29 is 0 Å². The van der Waals surface area contributed by atoms with Crippen LogP contribution in [0.4, 0.5) is 0 Å². The number of para-hydroxylation sites is 1. The molecule has 0 aliphatic heterocycles. The fourth-order valence-electron chi connectivity index (χ4n) is 5.41. The molecule has 40 heavy (non-hydrogen) atoms. The van der Waals surface area contributed by atoms with Gasteiger partial charge in [0.05, 0.1) is 22.7 Å². The van der Waals surface area contributed by atoms with E-state index in [4.69, 9.17) is 15.0 Å². The third-order valence-corrected chi connectivity index (χ3v) is 8.43. The second kappa shape index (κ2) is 8.84. The Hall–Kier alpha value is -5.38. The lowest BCUT2D eigenvalue weighted by molar-refractivity contribution is 0.954. The maximum absolute atomic E-state index is 9.29. The van der Waals surface area contributed by atoms with Crippen molar-refractivity contribution in [2.45, 2.75) is 0 Å². The van der Waals surface area contributed by atoms with Crippen molar-refractivity contribution in [3.8, 4) is 34.8 Å². The summed E-state index contributed by atoms with van der Waals surface area (Å²) in [6.07, 6.45) is 0. The highest BCUT2D eigenvalue weighted by Gasteiger charge is 2.19. The zero-order valence-electron chi connectivity index (χ0n) is 21.1. The van der Waals surface area contributed by atoms with E-state index >= 15 is 0 Å². The van der Waals surface area contributed by atoms with E-state index in [2.05, 4.69) is 71.3 Å². The van der Waals surface area contributed by atoms with Crippen LogP contribution in [0.15, 0.2) is 115 Å². The number of rotatable bonds is 3. The summed E-state index contributed by atoms with van der Waals surface area (Å²) in [5, 5.41) is 14.1. The first-order valence-electron chi connectivity index (χ1n) is 12.9. The number of fused-ring (bicyclic) bond motifs is 6. The zero-order valence-corrected chi connectivity index (χ0v) is 21.9. The summed E-state index contributed by atoms with van der Waals surface area (Å²) >= 11 is 1.82. The van der Waals surface area contributed by atoms with E-state index in [1.807, 2.05) is 53.8 Å². The van der Waals surface area contributed by atoms with Crippen LogP contribution in [0.3, 0.4) is 0 Å². The molecule has 0 unspecified atom stereocenters. The number of benzene rings is 5. The van der Waals surface area contributed by atoms with Crippen molar-refractivity contribution in [1.82, 2.24) is 19.5 Å². The second-order valence-corrected chi connectivity index (χ2v) is 10.7. The van der Waals surface area contributed by atoms with Gasteiger partial charge in [-0.25, -0.2) is 4.98 Å². The van der Waals surface area contributed by atoms with Crippen LogP contribution in [0.2, 0.25) is 0 Å². The number of thiophene rings is 1. The van der Waals surface area contributed by atoms with E-state index < -0.39 is 0 Å². The van der Waals surface area contributed by atoms with Crippen molar-refractivity contribution in [2.24, 2.45) is 0 Å². The van der Waals surface area contributed by atoms with Crippen LogP contribution < -0.4 is 0 Å². The first kappa shape index (κ1) is 22.6. The number of hydrogen-bond donors (Lipinski definition) is 0. The van der Waals surface area contributed by atoms with E-state index in [0.29, 0.717) is 23.2 Å². The minimum absolute atomic E-state index is 0.554. The van der Waals surface area contributed by atoms with Gasteiger partial charge in [0.1, 0.15) is 0 Å². The molecular formula is C34H19N5S. The van der Waals surface area contributed by atoms with Gasteiger partial charge in [0.2, 0.25) is 5.95 Å². The molecule has 6 heteroatoms. The quantitative estimate of drug-likeness (QED) is 0.230. The molecular weight excluding hydrogens is 510 g/mol. The molecule has 8 rings (SSSR count). The normalized spacial score (nSPS) is 11.5. The van der Waals surface area contributed by atoms with E-state index in [-0.39, 0.29) is 0 Å². The summed E-state index contributed by atoms with van der Waals surface area (Å²) in [6.45, 7) is 0. The average Bonchev–Trinajstić information content (AvgIpc) is 3.55. The van der Waals surface area contributed by atoms with Crippen LogP contribution in [-0.2, 0) is 0 Å². The minimum atomic E-state index is 0.554. The molecule has 186 valence electrons. The summed E-state index contributed by atoms with van der Waals surface area (Å²) in [7, 11) is 0. The van der Waals surface area contributed by atoms with Gasteiger partial charge >= 0.3 is 0 Å². The summed E-state index contributed by atoms with van der Waals surface area (Å²) in [4.78, 5) is 14.9. The fraction of sp³-hybridized carbons (Fsp3) is 0. The molecule has 0 atom stereocenters. The molecule has 5 nitrogen and oxygen atoms in total. The molecule has 3 heterocycles.